The molecule has 2 aliphatic rings. The number of phenolic OH excluding ortho intramolecular Hbond substituents is 3. The van der Waals surface area contributed by atoms with Crippen LogP contribution >= 0.6 is 0 Å². The average Bonchev–Trinajstić information content (AvgIpc) is 3.22. The highest BCUT2D eigenvalue weighted by molar-refractivity contribution is 5.86. The van der Waals surface area contributed by atoms with Crippen LogP contribution in [0.3, 0.4) is 0 Å². The fourth-order valence-electron chi connectivity index (χ4n) is 4.62. The summed E-state index contributed by atoms with van der Waals surface area (Å²) in [5, 5.41) is 90.5. The zero-order valence-electron chi connectivity index (χ0n) is 21.1. The lowest BCUT2D eigenvalue weighted by atomic mass is 9.98. The van der Waals surface area contributed by atoms with Crippen molar-refractivity contribution in [1.82, 2.24) is 0 Å². The first-order chi connectivity index (χ1) is 19.4. The first-order valence-corrected chi connectivity index (χ1v) is 12.4. The maximum Gasteiger partial charge on any atom is 0.229 e. The van der Waals surface area contributed by atoms with Gasteiger partial charge in [-0.15, -0.1) is 0 Å². The molecular weight excluding hydrogens is 552 g/mol. The minimum atomic E-state index is -2.05. The topological polar surface area (TPSA) is 249 Å². The minimum Gasteiger partial charge on any atom is -0.507 e. The molecule has 5 rings (SSSR count). The molecule has 0 bridgehead atoms. The lowest BCUT2D eigenvalue weighted by molar-refractivity contribution is -0.318. The van der Waals surface area contributed by atoms with Crippen molar-refractivity contribution in [2.75, 3.05) is 19.8 Å². The molecule has 1 aromatic heterocycles. The van der Waals surface area contributed by atoms with Crippen LogP contribution in [0.15, 0.2) is 45.6 Å². The Labute approximate surface area is 230 Å². The fourth-order valence-corrected chi connectivity index (χ4v) is 4.62. The van der Waals surface area contributed by atoms with Gasteiger partial charge in [-0.3, -0.25) is 4.79 Å². The van der Waals surface area contributed by atoms with Crippen molar-refractivity contribution in [2.45, 2.75) is 48.7 Å². The summed E-state index contributed by atoms with van der Waals surface area (Å²) in [5.74, 6) is -1.60. The molecule has 222 valence electrons. The second-order valence-corrected chi connectivity index (χ2v) is 9.81. The fraction of sp³-hybridized carbons (Fsp3) is 0.423. The molecule has 0 amide bonds. The second kappa shape index (κ2) is 11.1. The Morgan fingerprint density at radius 3 is 2.34 bits per heavy atom. The third-order valence-electron chi connectivity index (χ3n) is 6.99. The van der Waals surface area contributed by atoms with Crippen LogP contribution in [-0.2, 0) is 14.2 Å². The smallest absolute Gasteiger partial charge is 0.229 e. The molecule has 2 saturated heterocycles. The van der Waals surface area contributed by atoms with Crippen LogP contribution in [0, 0.1) is 0 Å². The summed E-state index contributed by atoms with van der Waals surface area (Å²) in [7, 11) is 0. The van der Waals surface area contributed by atoms with Crippen molar-refractivity contribution >= 4 is 11.0 Å². The summed E-state index contributed by atoms with van der Waals surface area (Å²) < 4.78 is 27.9. The monoisotopic (exact) mass is 580 g/mol. The number of aromatic hydroxyl groups is 3. The van der Waals surface area contributed by atoms with Crippen molar-refractivity contribution < 1.29 is 69.3 Å². The number of phenols is 3. The van der Waals surface area contributed by atoms with Crippen LogP contribution in [-0.4, -0.2) is 114 Å². The van der Waals surface area contributed by atoms with E-state index in [-0.39, 0.29) is 33.8 Å². The van der Waals surface area contributed by atoms with Gasteiger partial charge in [-0.05, 0) is 18.2 Å². The molecule has 15 heteroatoms. The summed E-state index contributed by atoms with van der Waals surface area (Å²) in [6.45, 7) is -2.11. The molecule has 2 aliphatic heterocycles. The van der Waals surface area contributed by atoms with Gasteiger partial charge in [-0.1, -0.05) is 0 Å². The summed E-state index contributed by atoms with van der Waals surface area (Å²) in [6.07, 6.45) is -11.4. The predicted molar refractivity (Wildman–Crippen MR) is 134 cm³/mol. The van der Waals surface area contributed by atoms with E-state index in [2.05, 4.69) is 0 Å². The van der Waals surface area contributed by atoms with E-state index in [1.165, 1.54) is 18.2 Å². The predicted octanol–water partition coefficient (Wildman–Crippen LogP) is -1.78. The van der Waals surface area contributed by atoms with Crippen LogP contribution in [0.2, 0.25) is 0 Å². The molecule has 0 aliphatic carbocycles. The normalized spacial score (nSPS) is 31.9. The Morgan fingerprint density at radius 2 is 1.68 bits per heavy atom. The van der Waals surface area contributed by atoms with E-state index in [0.29, 0.717) is 0 Å². The highest BCUT2D eigenvalue weighted by atomic mass is 16.8. The van der Waals surface area contributed by atoms with Gasteiger partial charge in [0.1, 0.15) is 58.2 Å². The highest BCUT2D eigenvalue weighted by Crippen LogP contribution is 2.36. The molecule has 3 aromatic rings. The first kappa shape index (κ1) is 29.0. The second-order valence-electron chi connectivity index (χ2n) is 9.81. The summed E-state index contributed by atoms with van der Waals surface area (Å²) in [4.78, 5) is 12.8. The number of hydrogen-bond donors (Lipinski definition) is 9. The average molecular weight is 580 g/mol. The third kappa shape index (κ3) is 5.30. The Balaban J connectivity index is 1.48. The molecule has 0 radical (unpaired) electrons. The summed E-state index contributed by atoms with van der Waals surface area (Å²) in [5.41, 5.74) is -2.63. The van der Waals surface area contributed by atoms with Gasteiger partial charge in [-0.2, -0.15) is 0 Å². The van der Waals surface area contributed by atoms with Crippen molar-refractivity contribution in [2.24, 2.45) is 0 Å². The van der Waals surface area contributed by atoms with E-state index in [4.69, 9.17) is 23.4 Å². The molecule has 9 N–H and O–H groups in total. The van der Waals surface area contributed by atoms with Gasteiger partial charge in [0.15, 0.2) is 29.3 Å². The van der Waals surface area contributed by atoms with Crippen molar-refractivity contribution in [3.05, 3.63) is 46.6 Å². The molecule has 15 nitrogen and oxygen atoms in total. The van der Waals surface area contributed by atoms with Crippen molar-refractivity contribution in [3.63, 3.8) is 0 Å². The number of hydrogen-bond acceptors (Lipinski definition) is 15. The number of fused-ring (bicyclic) bond motifs is 1. The molecule has 8 atom stereocenters. The van der Waals surface area contributed by atoms with Gasteiger partial charge in [0.05, 0.1) is 19.8 Å². The van der Waals surface area contributed by atoms with Crippen molar-refractivity contribution in [1.29, 1.82) is 0 Å². The molecule has 0 unspecified atom stereocenters. The van der Waals surface area contributed by atoms with Gasteiger partial charge in [0, 0.05) is 23.8 Å². The van der Waals surface area contributed by atoms with Crippen LogP contribution in [0.25, 0.3) is 22.3 Å². The molecule has 0 saturated carbocycles. The van der Waals surface area contributed by atoms with Gasteiger partial charge in [0.2, 0.25) is 6.29 Å². The minimum absolute atomic E-state index is 0.0212. The quantitative estimate of drug-likeness (QED) is 0.140. The van der Waals surface area contributed by atoms with E-state index < -0.39 is 85.4 Å². The Hall–Kier alpha value is -3.51. The maximum atomic E-state index is 12.8. The summed E-state index contributed by atoms with van der Waals surface area (Å²) >= 11 is 0. The van der Waals surface area contributed by atoms with E-state index >= 15 is 0 Å². The van der Waals surface area contributed by atoms with E-state index in [0.717, 1.165) is 18.2 Å². The van der Waals surface area contributed by atoms with E-state index in [1.54, 1.807) is 0 Å². The SMILES string of the molecule is O=c1cc(-c2ccc(O)c(O)c2)oc2cc(O[C@@H]3O[C@H](CO)[C@@H](O)[C@H](O)[C@H]3O[C@@H]3OC[C@](O)(CO)[C@H]3O)cc(O)c12. The van der Waals surface area contributed by atoms with Crippen molar-refractivity contribution in [3.8, 4) is 34.3 Å². The number of aliphatic hydroxyl groups excluding tert-OH is 5. The van der Waals surface area contributed by atoms with Gasteiger partial charge in [0.25, 0.3) is 0 Å². The van der Waals surface area contributed by atoms with Crippen LogP contribution in [0.4, 0.5) is 0 Å². The summed E-state index contributed by atoms with van der Waals surface area (Å²) in [6, 6.07) is 7.06. The standard InChI is InChI=1S/C26H28O15/c27-7-18-20(33)21(34)22(41-25-23(35)26(36,8-28)9-37-25)24(40-18)38-11-4-14(31)19-15(32)6-16(39-17(19)5-11)10-1-2-12(29)13(30)3-10/h1-6,18,20-25,27-31,33-36H,7-9H2/t18-,20-,21+,22-,23+,24-,25+,26-/m1/s1. The lowest BCUT2D eigenvalue weighted by Crippen LogP contribution is -2.62. The van der Waals surface area contributed by atoms with Gasteiger partial charge >= 0.3 is 0 Å². The molecular formula is C26H28O15. The largest absolute Gasteiger partial charge is 0.507 e. The lowest BCUT2D eigenvalue weighted by Gasteiger charge is -2.42. The zero-order chi connectivity index (χ0) is 29.6. The van der Waals surface area contributed by atoms with Crippen LogP contribution in [0.5, 0.6) is 23.0 Å². The molecule has 0 spiro atoms. The Kier molecular flexibility index (Phi) is 7.82. The number of ether oxygens (including phenoxy) is 4. The maximum absolute atomic E-state index is 12.8. The number of aliphatic hydroxyl groups is 6. The molecule has 41 heavy (non-hydrogen) atoms. The van der Waals surface area contributed by atoms with Crippen LogP contribution in [0.1, 0.15) is 0 Å². The Morgan fingerprint density at radius 1 is 0.927 bits per heavy atom. The van der Waals surface area contributed by atoms with Crippen LogP contribution < -0.4 is 10.2 Å². The molecule has 2 fully saturated rings. The highest BCUT2D eigenvalue weighted by Gasteiger charge is 2.53. The first-order valence-electron chi connectivity index (χ1n) is 12.4. The number of rotatable bonds is 7. The van der Waals surface area contributed by atoms with Gasteiger partial charge < -0.3 is 69.3 Å². The van der Waals surface area contributed by atoms with E-state index in [9.17, 15) is 50.8 Å². The Bertz CT molecular complexity index is 1470. The number of benzene rings is 2. The molecule has 3 heterocycles. The molecule has 2 aromatic carbocycles. The van der Waals surface area contributed by atoms with E-state index in [1.807, 2.05) is 0 Å². The van der Waals surface area contributed by atoms with Gasteiger partial charge in [-0.25, -0.2) is 0 Å². The zero-order valence-corrected chi connectivity index (χ0v) is 21.1. The third-order valence-corrected chi connectivity index (χ3v) is 6.99.